The van der Waals surface area contributed by atoms with Gasteiger partial charge in [-0.25, -0.2) is 4.98 Å². The first-order valence-corrected chi connectivity index (χ1v) is 6.83. The summed E-state index contributed by atoms with van der Waals surface area (Å²) in [6.07, 6.45) is 0. The molecule has 92 valence electrons. The van der Waals surface area contributed by atoms with Gasteiger partial charge in [-0.2, -0.15) is 0 Å². The molecule has 0 unspecified atom stereocenters. The molecule has 0 atom stereocenters. The minimum absolute atomic E-state index is 0.0353. The van der Waals surface area contributed by atoms with Crippen molar-refractivity contribution in [2.24, 2.45) is 0 Å². The Morgan fingerprint density at radius 2 is 1.65 bits per heavy atom. The minimum Gasteiger partial charge on any atom is -0.254 e. The van der Waals surface area contributed by atoms with Crippen molar-refractivity contribution in [3.8, 4) is 0 Å². The van der Waals surface area contributed by atoms with Crippen LogP contribution in [0.15, 0.2) is 11.6 Å². The number of thiazole rings is 1. The molecule has 2 rings (SSSR count). The standard InChI is InChI=1S/C14H20N2S/c1-13(2,3)10-7-9-11(15-8-17-9)12(16-10)14(4,5)6/h7-8H,1-6H3. The first-order chi connectivity index (χ1) is 7.69. The molecule has 0 fully saturated rings. The molecule has 0 radical (unpaired) electrons. The maximum atomic E-state index is 4.86. The van der Waals surface area contributed by atoms with Gasteiger partial charge in [0.05, 0.1) is 15.9 Å². The maximum absolute atomic E-state index is 4.86. The second-order valence-electron chi connectivity index (χ2n) is 6.56. The van der Waals surface area contributed by atoms with Crippen molar-refractivity contribution >= 4 is 21.6 Å². The highest BCUT2D eigenvalue weighted by Crippen LogP contribution is 2.33. The van der Waals surface area contributed by atoms with Gasteiger partial charge in [-0.15, -0.1) is 11.3 Å². The zero-order valence-electron chi connectivity index (χ0n) is 11.5. The largest absolute Gasteiger partial charge is 0.254 e. The van der Waals surface area contributed by atoms with Crippen molar-refractivity contribution in [2.75, 3.05) is 0 Å². The number of rotatable bonds is 0. The molecule has 2 aromatic heterocycles. The van der Waals surface area contributed by atoms with E-state index in [1.807, 2.05) is 5.51 Å². The molecule has 0 spiro atoms. The molecule has 2 nitrogen and oxygen atoms in total. The van der Waals surface area contributed by atoms with Crippen molar-refractivity contribution in [3.63, 3.8) is 0 Å². The van der Waals surface area contributed by atoms with Crippen LogP contribution in [0.5, 0.6) is 0 Å². The van der Waals surface area contributed by atoms with E-state index < -0.39 is 0 Å². The summed E-state index contributed by atoms with van der Waals surface area (Å²) in [5.74, 6) is 0. The molecule has 3 heteroatoms. The van der Waals surface area contributed by atoms with E-state index in [9.17, 15) is 0 Å². The molecule has 2 heterocycles. The SMILES string of the molecule is CC(C)(C)c1cc2scnc2c(C(C)(C)C)n1. The molecule has 0 aromatic carbocycles. The van der Waals surface area contributed by atoms with E-state index in [1.54, 1.807) is 11.3 Å². The maximum Gasteiger partial charge on any atom is 0.103 e. The monoisotopic (exact) mass is 248 g/mol. The fourth-order valence-electron chi connectivity index (χ4n) is 1.77. The van der Waals surface area contributed by atoms with Crippen molar-refractivity contribution in [1.82, 2.24) is 9.97 Å². The molecule has 0 saturated heterocycles. The summed E-state index contributed by atoms with van der Waals surface area (Å²) >= 11 is 1.70. The molecule has 0 N–H and O–H groups in total. The van der Waals surface area contributed by atoms with Crippen LogP contribution in [0.25, 0.3) is 10.2 Å². The van der Waals surface area contributed by atoms with Crippen LogP contribution in [-0.2, 0) is 10.8 Å². The van der Waals surface area contributed by atoms with Gasteiger partial charge >= 0.3 is 0 Å². The molecule has 0 saturated carbocycles. The summed E-state index contributed by atoms with van der Waals surface area (Å²) < 4.78 is 1.25. The van der Waals surface area contributed by atoms with Gasteiger partial charge in [0.15, 0.2) is 0 Å². The van der Waals surface area contributed by atoms with Gasteiger partial charge in [-0.05, 0) is 6.07 Å². The van der Waals surface area contributed by atoms with Crippen LogP contribution < -0.4 is 0 Å². The third-order valence-corrected chi connectivity index (χ3v) is 3.57. The van der Waals surface area contributed by atoms with Crippen LogP contribution in [0.2, 0.25) is 0 Å². The molecule has 0 aliphatic carbocycles. The summed E-state index contributed by atoms with van der Waals surface area (Å²) in [7, 11) is 0. The molecular weight excluding hydrogens is 228 g/mol. The first-order valence-electron chi connectivity index (χ1n) is 5.95. The van der Waals surface area contributed by atoms with Gasteiger partial charge in [-0.1, -0.05) is 41.5 Å². The summed E-state index contributed by atoms with van der Waals surface area (Å²) in [6.45, 7) is 13.2. The molecule has 17 heavy (non-hydrogen) atoms. The highest BCUT2D eigenvalue weighted by Gasteiger charge is 2.24. The van der Waals surface area contributed by atoms with Crippen LogP contribution in [0.4, 0.5) is 0 Å². The smallest absolute Gasteiger partial charge is 0.103 e. The second-order valence-corrected chi connectivity index (χ2v) is 7.44. The fourth-order valence-corrected chi connectivity index (χ4v) is 2.48. The van der Waals surface area contributed by atoms with E-state index in [1.165, 1.54) is 4.70 Å². The Morgan fingerprint density at radius 3 is 2.18 bits per heavy atom. The zero-order chi connectivity index (χ0) is 12.8. The third-order valence-electron chi connectivity index (χ3n) is 2.80. The Morgan fingerprint density at radius 1 is 1.00 bits per heavy atom. The van der Waals surface area contributed by atoms with E-state index in [2.05, 4.69) is 52.6 Å². The minimum atomic E-state index is 0.0353. The van der Waals surface area contributed by atoms with Gasteiger partial charge in [0.25, 0.3) is 0 Å². The number of hydrogen-bond donors (Lipinski definition) is 0. The van der Waals surface area contributed by atoms with Crippen LogP contribution in [0.3, 0.4) is 0 Å². The lowest BCUT2D eigenvalue weighted by molar-refractivity contribution is 0.536. The van der Waals surface area contributed by atoms with E-state index in [0.717, 1.165) is 16.9 Å². The summed E-state index contributed by atoms with van der Waals surface area (Å²) in [5.41, 5.74) is 5.36. The lowest BCUT2D eigenvalue weighted by Crippen LogP contribution is -2.20. The molecule has 0 aliphatic rings. The van der Waals surface area contributed by atoms with Gasteiger partial charge < -0.3 is 0 Å². The van der Waals surface area contributed by atoms with Crippen molar-refractivity contribution < 1.29 is 0 Å². The van der Waals surface area contributed by atoms with E-state index >= 15 is 0 Å². The van der Waals surface area contributed by atoms with Crippen LogP contribution in [0, 0.1) is 0 Å². The zero-order valence-corrected chi connectivity index (χ0v) is 12.3. The van der Waals surface area contributed by atoms with Gasteiger partial charge in [0.1, 0.15) is 5.52 Å². The van der Waals surface area contributed by atoms with Gasteiger partial charge in [-0.3, -0.25) is 4.98 Å². The highest BCUT2D eigenvalue weighted by molar-refractivity contribution is 7.16. The molecule has 0 amide bonds. The number of pyridine rings is 1. The van der Waals surface area contributed by atoms with Gasteiger partial charge in [0, 0.05) is 16.5 Å². The molecular formula is C14H20N2S. The van der Waals surface area contributed by atoms with Crippen LogP contribution in [0.1, 0.15) is 52.9 Å². The van der Waals surface area contributed by atoms with Crippen molar-refractivity contribution in [1.29, 1.82) is 0 Å². The number of fused-ring (bicyclic) bond motifs is 1. The van der Waals surface area contributed by atoms with E-state index in [0.29, 0.717) is 0 Å². The first kappa shape index (κ1) is 12.5. The Hall–Kier alpha value is -0.960. The Labute approximate surface area is 107 Å². The average Bonchev–Trinajstić information content (AvgIpc) is 2.59. The summed E-state index contributed by atoms with van der Waals surface area (Å²) in [6, 6.07) is 2.18. The number of nitrogens with zero attached hydrogens (tertiary/aromatic N) is 2. The summed E-state index contributed by atoms with van der Waals surface area (Å²) in [5, 5.41) is 0. The predicted molar refractivity (Wildman–Crippen MR) is 74.8 cm³/mol. The number of hydrogen-bond acceptors (Lipinski definition) is 3. The van der Waals surface area contributed by atoms with E-state index in [4.69, 9.17) is 4.98 Å². The predicted octanol–water partition coefficient (Wildman–Crippen LogP) is 4.29. The Kier molecular flexibility index (Phi) is 2.77. The third kappa shape index (κ3) is 2.34. The normalized spacial score (nSPS) is 13.3. The van der Waals surface area contributed by atoms with Crippen LogP contribution >= 0.6 is 11.3 Å². The Balaban J connectivity index is 2.76. The van der Waals surface area contributed by atoms with Crippen LogP contribution in [-0.4, -0.2) is 9.97 Å². The number of aromatic nitrogens is 2. The lowest BCUT2D eigenvalue weighted by atomic mass is 9.87. The molecule has 0 aliphatic heterocycles. The van der Waals surface area contributed by atoms with Crippen molar-refractivity contribution in [3.05, 3.63) is 23.0 Å². The van der Waals surface area contributed by atoms with Crippen molar-refractivity contribution in [2.45, 2.75) is 52.4 Å². The fraction of sp³-hybridized carbons (Fsp3) is 0.571. The molecule has 2 aromatic rings. The second kappa shape index (κ2) is 3.77. The topological polar surface area (TPSA) is 25.8 Å². The molecule has 0 bridgehead atoms. The lowest BCUT2D eigenvalue weighted by Gasteiger charge is -2.23. The summed E-state index contributed by atoms with van der Waals surface area (Å²) in [4.78, 5) is 9.32. The average molecular weight is 248 g/mol. The van der Waals surface area contributed by atoms with E-state index in [-0.39, 0.29) is 10.8 Å². The highest BCUT2D eigenvalue weighted by atomic mass is 32.1. The Bertz CT molecular complexity index is 541. The van der Waals surface area contributed by atoms with Gasteiger partial charge in [0.2, 0.25) is 0 Å². The quantitative estimate of drug-likeness (QED) is 0.695.